The molecule has 0 radical (unpaired) electrons. The molecule has 1 aromatic carbocycles. The molecule has 5 heteroatoms. The van der Waals surface area contributed by atoms with Gasteiger partial charge in [-0.15, -0.1) is 0 Å². The molecule has 146 valence electrons. The van der Waals surface area contributed by atoms with Gasteiger partial charge in [-0.3, -0.25) is 4.90 Å². The van der Waals surface area contributed by atoms with E-state index in [0.717, 1.165) is 50.3 Å². The second-order valence-electron chi connectivity index (χ2n) is 9.32. The molecule has 0 aromatic heterocycles. The predicted molar refractivity (Wildman–Crippen MR) is 100 cm³/mol. The Morgan fingerprint density at radius 1 is 1.26 bits per heavy atom. The molecular weight excluding hydrogens is 342 g/mol. The first-order valence-corrected chi connectivity index (χ1v) is 10.7. The highest BCUT2D eigenvalue weighted by Gasteiger charge is 2.73. The van der Waals surface area contributed by atoms with Gasteiger partial charge in [-0.2, -0.15) is 0 Å². The number of likely N-dealkylation sites (tertiary alicyclic amines) is 1. The zero-order chi connectivity index (χ0) is 18.4. The molecule has 1 saturated heterocycles. The second-order valence-corrected chi connectivity index (χ2v) is 9.32. The van der Waals surface area contributed by atoms with Crippen LogP contribution in [0.15, 0.2) is 12.1 Å². The van der Waals surface area contributed by atoms with Crippen LogP contribution in [-0.4, -0.2) is 58.7 Å². The Morgan fingerprint density at radius 2 is 2.11 bits per heavy atom. The van der Waals surface area contributed by atoms with Gasteiger partial charge in [0.25, 0.3) is 0 Å². The number of piperidine rings is 1. The van der Waals surface area contributed by atoms with E-state index in [1.54, 1.807) is 6.07 Å². The largest absolute Gasteiger partial charge is 0.504 e. The Balaban J connectivity index is 1.53. The number of aromatic hydroxyl groups is 1. The van der Waals surface area contributed by atoms with Crippen molar-refractivity contribution in [1.82, 2.24) is 4.90 Å². The molecule has 3 aliphatic carbocycles. The zero-order valence-corrected chi connectivity index (χ0v) is 16.0. The summed E-state index contributed by atoms with van der Waals surface area (Å²) in [7, 11) is 0. The summed E-state index contributed by atoms with van der Waals surface area (Å²) in [5.74, 6) is 1.63. The summed E-state index contributed by atoms with van der Waals surface area (Å²) < 4.78 is 12.5. The SMILES string of the molecule is CCO[C@@H]1CC[C@]2(O)[C@H]3Cc4ccc(O)c5c4[C@@]2(CCN3CC2CC2)[C@@H]1O5. The average Bonchev–Trinajstić information content (AvgIpc) is 3.39. The maximum absolute atomic E-state index is 12.2. The highest BCUT2D eigenvalue weighted by molar-refractivity contribution is 5.62. The van der Waals surface area contributed by atoms with Crippen LogP contribution in [0.2, 0.25) is 0 Å². The second kappa shape index (κ2) is 5.40. The number of phenols is 1. The number of phenolic OH excluding ortho intramolecular Hbond substituents is 1. The van der Waals surface area contributed by atoms with Crippen LogP contribution >= 0.6 is 0 Å². The van der Waals surface area contributed by atoms with Gasteiger partial charge in [0.1, 0.15) is 6.10 Å². The molecule has 27 heavy (non-hydrogen) atoms. The Labute approximate surface area is 160 Å². The quantitative estimate of drug-likeness (QED) is 0.851. The smallest absolute Gasteiger partial charge is 0.165 e. The topological polar surface area (TPSA) is 62.2 Å². The first-order chi connectivity index (χ1) is 13.1. The molecule has 2 heterocycles. The lowest BCUT2D eigenvalue weighted by molar-refractivity contribution is -0.214. The van der Waals surface area contributed by atoms with Crippen molar-refractivity contribution in [2.24, 2.45) is 5.92 Å². The van der Waals surface area contributed by atoms with Crippen LogP contribution in [0, 0.1) is 5.92 Å². The molecule has 5 aliphatic rings. The number of benzene rings is 1. The fourth-order valence-corrected chi connectivity index (χ4v) is 6.82. The molecule has 3 fully saturated rings. The minimum absolute atomic E-state index is 0.0244. The number of aliphatic hydroxyl groups is 1. The third-order valence-corrected chi connectivity index (χ3v) is 8.09. The Bertz CT molecular complexity index is 793. The van der Waals surface area contributed by atoms with Gasteiger partial charge in [-0.05, 0) is 69.5 Å². The molecule has 2 aliphatic heterocycles. The van der Waals surface area contributed by atoms with Crippen molar-refractivity contribution in [3.05, 3.63) is 23.3 Å². The van der Waals surface area contributed by atoms with Gasteiger partial charge in [0.05, 0.1) is 17.1 Å². The summed E-state index contributed by atoms with van der Waals surface area (Å²) in [5.41, 5.74) is 1.08. The predicted octanol–water partition coefficient (Wildman–Crippen LogP) is 2.36. The maximum atomic E-state index is 12.2. The fourth-order valence-electron chi connectivity index (χ4n) is 6.82. The van der Waals surface area contributed by atoms with E-state index in [1.807, 2.05) is 6.92 Å². The van der Waals surface area contributed by atoms with Crippen LogP contribution < -0.4 is 4.74 Å². The average molecular weight is 371 g/mol. The van der Waals surface area contributed by atoms with Crippen LogP contribution in [0.5, 0.6) is 11.5 Å². The number of hydrogen-bond donors (Lipinski definition) is 2. The molecule has 2 bridgehead atoms. The van der Waals surface area contributed by atoms with E-state index in [9.17, 15) is 10.2 Å². The van der Waals surface area contributed by atoms with Crippen molar-refractivity contribution in [3.63, 3.8) is 0 Å². The molecule has 1 aromatic rings. The van der Waals surface area contributed by atoms with Gasteiger partial charge < -0.3 is 19.7 Å². The van der Waals surface area contributed by atoms with Crippen molar-refractivity contribution in [3.8, 4) is 11.5 Å². The van der Waals surface area contributed by atoms with E-state index in [-0.39, 0.29) is 24.0 Å². The van der Waals surface area contributed by atoms with Crippen LogP contribution in [0.25, 0.3) is 0 Å². The van der Waals surface area contributed by atoms with E-state index in [1.165, 1.54) is 18.4 Å². The summed E-state index contributed by atoms with van der Waals surface area (Å²) in [4.78, 5) is 2.56. The number of hydrogen-bond acceptors (Lipinski definition) is 5. The van der Waals surface area contributed by atoms with Crippen molar-refractivity contribution >= 4 is 0 Å². The van der Waals surface area contributed by atoms with E-state index in [4.69, 9.17) is 9.47 Å². The minimum Gasteiger partial charge on any atom is -0.504 e. The number of ether oxygens (including phenoxy) is 2. The third kappa shape index (κ3) is 1.95. The lowest BCUT2D eigenvalue weighted by atomic mass is 9.48. The zero-order valence-electron chi connectivity index (χ0n) is 16.0. The molecule has 0 amide bonds. The summed E-state index contributed by atoms with van der Waals surface area (Å²) in [6, 6.07) is 3.96. The van der Waals surface area contributed by atoms with Crippen LogP contribution in [-0.2, 0) is 16.6 Å². The third-order valence-electron chi connectivity index (χ3n) is 8.09. The van der Waals surface area contributed by atoms with Gasteiger partial charge in [-0.25, -0.2) is 0 Å². The van der Waals surface area contributed by atoms with Gasteiger partial charge in [-0.1, -0.05) is 6.07 Å². The molecule has 2 saturated carbocycles. The van der Waals surface area contributed by atoms with Crippen LogP contribution in [0.4, 0.5) is 0 Å². The highest BCUT2D eigenvalue weighted by Crippen LogP contribution is 2.65. The summed E-state index contributed by atoms with van der Waals surface area (Å²) in [5, 5.41) is 22.8. The first-order valence-electron chi connectivity index (χ1n) is 10.7. The summed E-state index contributed by atoms with van der Waals surface area (Å²) in [6.07, 6.45) is 5.73. The molecule has 0 unspecified atom stereocenters. The standard InChI is InChI=1S/C22H29NO4/c1-2-26-16-7-8-22(25)17-11-14-5-6-15(24)19-18(14)21(22,20(16)27-19)9-10-23(17)12-13-3-4-13/h5-6,13,16-17,20,24-25H,2-4,7-12H2,1H3/t16-,17-,20-,21+,22+/m1/s1. The molecule has 5 nitrogen and oxygen atoms in total. The van der Waals surface area contributed by atoms with Gasteiger partial charge in [0.2, 0.25) is 0 Å². The van der Waals surface area contributed by atoms with Crippen molar-refractivity contribution in [1.29, 1.82) is 0 Å². The number of rotatable bonds is 4. The molecular formula is C22H29NO4. The van der Waals surface area contributed by atoms with Gasteiger partial charge in [0, 0.05) is 24.8 Å². The fraction of sp³-hybridized carbons (Fsp3) is 0.727. The molecule has 6 rings (SSSR count). The Morgan fingerprint density at radius 3 is 2.89 bits per heavy atom. The lowest BCUT2D eigenvalue weighted by Crippen LogP contribution is -2.77. The molecule has 5 atom stereocenters. The highest BCUT2D eigenvalue weighted by atomic mass is 16.6. The lowest BCUT2D eigenvalue weighted by Gasteiger charge is -2.64. The summed E-state index contributed by atoms with van der Waals surface area (Å²) in [6.45, 7) is 4.78. The van der Waals surface area contributed by atoms with E-state index >= 15 is 0 Å². The minimum atomic E-state index is -0.801. The summed E-state index contributed by atoms with van der Waals surface area (Å²) >= 11 is 0. The van der Waals surface area contributed by atoms with Crippen molar-refractivity contribution in [2.45, 2.75) is 74.7 Å². The van der Waals surface area contributed by atoms with E-state index in [0.29, 0.717) is 12.4 Å². The van der Waals surface area contributed by atoms with E-state index in [2.05, 4.69) is 11.0 Å². The van der Waals surface area contributed by atoms with Crippen molar-refractivity contribution in [2.75, 3.05) is 19.7 Å². The molecule has 1 spiro atoms. The monoisotopic (exact) mass is 371 g/mol. The molecule has 2 N–H and O–H groups in total. The Kier molecular flexibility index (Phi) is 3.33. The van der Waals surface area contributed by atoms with Crippen LogP contribution in [0.1, 0.15) is 50.2 Å². The maximum Gasteiger partial charge on any atom is 0.165 e. The Hall–Kier alpha value is -1.30. The first kappa shape index (κ1) is 16.6. The van der Waals surface area contributed by atoms with Gasteiger partial charge in [0.15, 0.2) is 11.5 Å². The van der Waals surface area contributed by atoms with Crippen LogP contribution in [0.3, 0.4) is 0 Å². The van der Waals surface area contributed by atoms with Gasteiger partial charge >= 0.3 is 0 Å². The van der Waals surface area contributed by atoms with Crippen molar-refractivity contribution < 1.29 is 19.7 Å². The normalized spacial score (nSPS) is 41.9. The number of nitrogens with zero attached hydrogens (tertiary/aromatic N) is 1. The van der Waals surface area contributed by atoms with E-state index < -0.39 is 11.0 Å².